The van der Waals surface area contributed by atoms with Crippen molar-refractivity contribution >= 4 is 17.7 Å². The predicted molar refractivity (Wildman–Crippen MR) is 106 cm³/mol. The normalized spacial score (nSPS) is 14.7. The van der Waals surface area contributed by atoms with Crippen molar-refractivity contribution in [3.05, 3.63) is 42.2 Å². The molecule has 1 fully saturated rings. The van der Waals surface area contributed by atoms with Gasteiger partial charge in [0.05, 0.1) is 0 Å². The number of nitrogens with zero attached hydrogens (tertiary/aromatic N) is 4. The van der Waals surface area contributed by atoms with E-state index in [4.69, 9.17) is 10.5 Å². The summed E-state index contributed by atoms with van der Waals surface area (Å²) in [7, 11) is 0. The van der Waals surface area contributed by atoms with E-state index in [0.717, 1.165) is 24.3 Å². The van der Waals surface area contributed by atoms with Gasteiger partial charge in [0.25, 0.3) is 5.91 Å². The van der Waals surface area contributed by atoms with Crippen molar-refractivity contribution in [3.63, 3.8) is 0 Å². The van der Waals surface area contributed by atoms with Crippen molar-refractivity contribution in [2.24, 2.45) is 5.73 Å². The Morgan fingerprint density at radius 1 is 1.04 bits per heavy atom. The SMILES string of the molecule is CC(C)(C)OC(=O)N1CCN(c2ccc(-c3nccc(C(N)=O)n3)cc2)CC1. The number of carbonyl (C=O) groups excluding carboxylic acids is 2. The predicted octanol–water partition coefficient (Wildman–Crippen LogP) is 2.30. The Morgan fingerprint density at radius 3 is 2.25 bits per heavy atom. The van der Waals surface area contributed by atoms with E-state index < -0.39 is 11.5 Å². The van der Waals surface area contributed by atoms with Crippen LogP contribution in [0.15, 0.2) is 36.5 Å². The third-order valence-corrected chi connectivity index (χ3v) is 4.33. The van der Waals surface area contributed by atoms with E-state index in [9.17, 15) is 9.59 Å². The fourth-order valence-electron chi connectivity index (χ4n) is 2.93. The Morgan fingerprint density at radius 2 is 1.68 bits per heavy atom. The molecule has 148 valence electrons. The molecule has 8 nitrogen and oxygen atoms in total. The minimum atomic E-state index is -0.580. The quantitative estimate of drug-likeness (QED) is 0.873. The summed E-state index contributed by atoms with van der Waals surface area (Å²) in [4.78, 5) is 35.8. The second-order valence-corrected chi connectivity index (χ2v) is 7.63. The summed E-state index contributed by atoms with van der Waals surface area (Å²) in [5.41, 5.74) is 6.83. The van der Waals surface area contributed by atoms with Gasteiger partial charge in [-0.2, -0.15) is 0 Å². The summed E-state index contributed by atoms with van der Waals surface area (Å²) in [6.07, 6.45) is 1.25. The molecule has 1 saturated heterocycles. The van der Waals surface area contributed by atoms with Crippen LogP contribution < -0.4 is 10.6 Å². The van der Waals surface area contributed by atoms with E-state index in [1.807, 2.05) is 45.0 Å². The first kappa shape index (κ1) is 19.6. The first-order chi connectivity index (χ1) is 13.2. The highest BCUT2D eigenvalue weighted by Gasteiger charge is 2.25. The van der Waals surface area contributed by atoms with Crippen LogP contribution in [0.2, 0.25) is 0 Å². The number of aromatic nitrogens is 2. The smallest absolute Gasteiger partial charge is 0.410 e. The van der Waals surface area contributed by atoms with Crippen LogP contribution in [-0.4, -0.2) is 58.6 Å². The van der Waals surface area contributed by atoms with Crippen molar-refractivity contribution < 1.29 is 14.3 Å². The van der Waals surface area contributed by atoms with Gasteiger partial charge in [-0.15, -0.1) is 0 Å². The first-order valence-corrected chi connectivity index (χ1v) is 9.19. The topological polar surface area (TPSA) is 102 Å². The third kappa shape index (κ3) is 4.76. The van der Waals surface area contributed by atoms with E-state index in [1.165, 1.54) is 12.3 Å². The highest BCUT2D eigenvalue weighted by molar-refractivity contribution is 5.91. The Balaban J connectivity index is 1.63. The molecule has 2 amide bonds. The fraction of sp³-hybridized carbons (Fsp3) is 0.400. The lowest BCUT2D eigenvalue weighted by molar-refractivity contribution is 0.0240. The molecule has 1 aromatic heterocycles. The van der Waals surface area contributed by atoms with Gasteiger partial charge in [0.15, 0.2) is 5.82 Å². The number of ether oxygens (including phenoxy) is 1. The zero-order valence-electron chi connectivity index (χ0n) is 16.4. The summed E-state index contributed by atoms with van der Waals surface area (Å²) in [6, 6.07) is 9.28. The summed E-state index contributed by atoms with van der Waals surface area (Å²) >= 11 is 0. The standard InChI is InChI=1S/C20H25N5O3/c1-20(2,3)28-19(27)25-12-10-24(11-13-25)15-6-4-14(5-7-15)18-22-9-8-16(23-18)17(21)26/h4-9H,10-13H2,1-3H3,(H2,21,26). The fourth-order valence-corrected chi connectivity index (χ4v) is 2.93. The van der Waals surface area contributed by atoms with Gasteiger partial charge in [0.1, 0.15) is 11.3 Å². The average Bonchev–Trinajstić information content (AvgIpc) is 2.67. The van der Waals surface area contributed by atoms with Gasteiger partial charge in [-0.3, -0.25) is 4.79 Å². The van der Waals surface area contributed by atoms with Crippen molar-refractivity contribution in [1.82, 2.24) is 14.9 Å². The molecular weight excluding hydrogens is 358 g/mol. The monoisotopic (exact) mass is 383 g/mol. The molecule has 0 atom stereocenters. The largest absolute Gasteiger partial charge is 0.444 e. The molecule has 3 rings (SSSR count). The van der Waals surface area contributed by atoms with E-state index in [1.54, 1.807) is 4.90 Å². The number of hydrogen-bond donors (Lipinski definition) is 1. The summed E-state index contributed by atoms with van der Waals surface area (Å²) < 4.78 is 5.43. The Kier molecular flexibility index (Phi) is 5.48. The van der Waals surface area contributed by atoms with E-state index in [2.05, 4.69) is 14.9 Å². The highest BCUT2D eigenvalue weighted by Crippen LogP contribution is 2.22. The van der Waals surface area contributed by atoms with Gasteiger partial charge >= 0.3 is 6.09 Å². The molecule has 1 aliphatic heterocycles. The molecule has 2 heterocycles. The minimum Gasteiger partial charge on any atom is -0.444 e. The van der Waals surface area contributed by atoms with Crippen molar-refractivity contribution in [3.8, 4) is 11.4 Å². The van der Waals surface area contributed by atoms with E-state index in [0.29, 0.717) is 18.9 Å². The van der Waals surface area contributed by atoms with Crippen molar-refractivity contribution in [1.29, 1.82) is 0 Å². The molecule has 2 aromatic rings. The number of benzene rings is 1. The molecule has 1 aromatic carbocycles. The molecule has 0 unspecified atom stereocenters. The molecule has 0 radical (unpaired) electrons. The molecular formula is C20H25N5O3. The Bertz CT molecular complexity index is 853. The number of carbonyl (C=O) groups is 2. The maximum Gasteiger partial charge on any atom is 0.410 e. The Labute approximate surface area is 164 Å². The van der Waals surface area contributed by atoms with E-state index >= 15 is 0 Å². The van der Waals surface area contributed by atoms with Gasteiger partial charge < -0.3 is 20.3 Å². The second kappa shape index (κ2) is 7.84. The van der Waals surface area contributed by atoms with Gasteiger partial charge in [-0.1, -0.05) is 0 Å². The van der Waals surface area contributed by atoms with Crippen LogP contribution in [0.1, 0.15) is 31.3 Å². The number of anilines is 1. The molecule has 0 spiro atoms. The number of rotatable bonds is 3. The number of nitrogens with two attached hydrogens (primary N) is 1. The minimum absolute atomic E-state index is 0.187. The van der Waals surface area contributed by atoms with Gasteiger partial charge in [0.2, 0.25) is 0 Å². The first-order valence-electron chi connectivity index (χ1n) is 9.19. The van der Waals surface area contributed by atoms with E-state index in [-0.39, 0.29) is 11.8 Å². The molecule has 0 saturated carbocycles. The maximum atomic E-state index is 12.2. The number of primary amides is 1. The van der Waals surface area contributed by atoms with Crippen LogP contribution in [0.3, 0.4) is 0 Å². The van der Waals surface area contributed by atoms with Crippen LogP contribution in [0.5, 0.6) is 0 Å². The maximum absolute atomic E-state index is 12.2. The molecule has 1 aliphatic rings. The Hall–Kier alpha value is -3.16. The van der Waals surface area contributed by atoms with Crippen LogP contribution in [0, 0.1) is 0 Å². The third-order valence-electron chi connectivity index (χ3n) is 4.33. The number of piperazine rings is 1. The van der Waals surface area contributed by atoms with Crippen LogP contribution in [-0.2, 0) is 4.74 Å². The molecule has 0 aliphatic carbocycles. The molecule has 8 heteroatoms. The summed E-state index contributed by atoms with van der Waals surface area (Å²) in [6.45, 7) is 8.28. The van der Waals surface area contributed by atoms with Gasteiger partial charge in [-0.05, 0) is 51.1 Å². The molecule has 28 heavy (non-hydrogen) atoms. The van der Waals surface area contributed by atoms with Gasteiger partial charge in [0, 0.05) is 43.6 Å². The molecule has 0 bridgehead atoms. The van der Waals surface area contributed by atoms with Crippen LogP contribution in [0.4, 0.5) is 10.5 Å². The second-order valence-electron chi connectivity index (χ2n) is 7.63. The lowest BCUT2D eigenvalue weighted by Gasteiger charge is -2.36. The van der Waals surface area contributed by atoms with Crippen molar-refractivity contribution in [2.45, 2.75) is 26.4 Å². The number of hydrogen-bond acceptors (Lipinski definition) is 6. The zero-order valence-corrected chi connectivity index (χ0v) is 16.4. The zero-order chi connectivity index (χ0) is 20.3. The average molecular weight is 383 g/mol. The van der Waals surface area contributed by atoms with Crippen LogP contribution >= 0.6 is 0 Å². The summed E-state index contributed by atoms with van der Waals surface area (Å²) in [5.74, 6) is -0.124. The van der Waals surface area contributed by atoms with Crippen LogP contribution in [0.25, 0.3) is 11.4 Å². The number of amides is 2. The van der Waals surface area contributed by atoms with Crippen molar-refractivity contribution in [2.75, 3.05) is 31.1 Å². The highest BCUT2D eigenvalue weighted by atomic mass is 16.6. The summed E-state index contributed by atoms with van der Waals surface area (Å²) in [5, 5.41) is 0. The lowest BCUT2D eigenvalue weighted by Crippen LogP contribution is -2.50. The van der Waals surface area contributed by atoms with Gasteiger partial charge in [-0.25, -0.2) is 14.8 Å². The molecule has 2 N–H and O–H groups in total. The lowest BCUT2D eigenvalue weighted by atomic mass is 10.1.